The molecule has 4 aliphatic carbocycles. The molecule has 0 aromatic rings. The molecule has 1 aliphatic heterocycles. The van der Waals surface area contributed by atoms with Gasteiger partial charge in [0.15, 0.2) is 0 Å². The van der Waals surface area contributed by atoms with E-state index in [9.17, 15) is 24.9 Å². The van der Waals surface area contributed by atoms with Crippen molar-refractivity contribution in [1.82, 2.24) is 0 Å². The Morgan fingerprint density at radius 1 is 1.36 bits per heavy atom. The molecule has 1 saturated heterocycles. The highest BCUT2D eigenvalue weighted by molar-refractivity contribution is 5.84. The topological polar surface area (TPSA) is 107 Å². The van der Waals surface area contributed by atoms with Crippen LogP contribution in [0, 0.1) is 34.5 Å². The number of fused-ring (bicyclic) bond motifs is 1. The van der Waals surface area contributed by atoms with Gasteiger partial charge in [-0.25, -0.2) is 0 Å². The molecule has 5 rings (SSSR count). The summed E-state index contributed by atoms with van der Waals surface area (Å²) >= 11 is 0. The molecule has 25 heavy (non-hydrogen) atoms. The van der Waals surface area contributed by atoms with Gasteiger partial charge in [-0.3, -0.25) is 4.79 Å². The molecule has 0 aromatic carbocycles. The zero-order valence-corrected chi connectivity index (χ0v) is 14.5. The van der Waals surface area contributed by atoms with Crippen LogP contribution in [-0.2, 0) is 14.3 Å². The van der Waals surface area contributed by atoms with Gasteiger partial charge in [-0.2, -0.15) is 0 Å². The molecule has 5 aliphatic rings. The Morgan fingerprint density at radius 2 is 2.12 bits per heavy atom. The maximum atomic E-state index is 12.7. The number of aliphatic hydroxyl groups excluding tert-OH is 1. The Bertz CT molecular complexity index is 677. The van der Waals surface area contributed by atoms with Crippen LogP contribution >= 0.6 is 0 Å². The Morgan fingerprint density at radius 3 is 2.80 bits per heavy atom. The second-order valence-electron chi connectivity index (χ2n) is 9.59. The Kier molecular flexibility index (Phi) is 2.82. The molecule has 8 atom stereocenters. The molecule has 138 valence electrons. The van der Waals surface area contributed by atoms with Crippen molar-refractivity contribution in [2.24, 2.45) is 34.5 Å². The summed E-state index contributed by atoms with van der Waals surface area (Å²) in [6, 6.07) is 0. The number of ether oxygens (including phenoxy) is 1. The fourth-order valence-electron chi connectivity index (χ4n) is 8.13. The molecule has 4 saturated carbocycles. The standard InChI is InChI=1S/C19H26O6/c1-16-5-2-6-19(25-15(16)23)11-4-3-10-7-17(11,8-18(10,24)9-20)12(13(16)19)14(21)22/h10-13,20,24H,2-9H2,1H3,(H,21,22)/p-1/t10-,11-,12-,13-,16+,17-,18+,19-/m1/s1. The number of aliphatic hydroxyl groups is 2. The van der Waals surface area contributed by atoms with Gasteiger partial charge in [0.2, 0.25) is 0 Å². The minimum absolute atomic E-state index is 0.0594. The third kappa shape index (κ3) is 1.52. The average molecular weight is 349 g/mol. The Labute approximate surface area is 146 Å². The number of rotatable bonds is 2. The highest BCUT2D eigenvalue weighted by Gasteiger charge is 2.81. The predicted octanol–water partition coefficient (Wildman–Crippen LogP) is -0.00210. The van der Waals surface area contributed by atoms with Crippen LogP contribution in [0.3, 0.4) is 0 Å². The van der Waals surface area contributed by atoms with Gasteiger partial charge in [0.05, 0.1) is 17.6 Å². The number of carbonyl (C=O) groups excluding carboxylic acids is 2. The van der Waals surface area contributed by atoms with Gasteiger partial charge >= 0.3 is 5.97 Å². The average Bonchev–Trinajstić information content (AvgIpc) is 2.98. The molecule has 1 spiro atoms. The summed E-state index contributed by atoms with van der Waals surface area (Å²) in [4.78, 5) is 25.0. The van der Waals surface area contributed by atoms with Crippen molar-refractivity contribution in [3.8, 4) is 0 Å². The molecule has 6 heteroatoms. The summed E-state index contributed by atoms with van der Waals surface area (Å²) in [5.74, 6) is -2.70. The lowest BCUT2D eigenvalue weighted by Crippen LogP contribution is -2.50. The smallest absolute Gasteiger partial charge is 0.312 e. The number of hydrogen-bond acceptors (Lipinski definition) is 6. The summed E-state index contributed by atoms with van der Waals surface area (Å²) in [5.41, 5.74) is -3.35. The van der Waals surface area contributed by atoms with E-state index >= 15 is 0 Å². The van der Waals surface area contributed by atoms with Gasteiger partial charge in [-0.15, -0.1) is 0 Å². The van der Waals surface area contributed by atoms with E-state index in [1.807, 2.05) is 6.92 Å². The van der Waals surface area contributed by atoms with Gasteiger partial charge in [0.1, 0.15) is 5.60 Å². The first-order valence-corrected chi connectivity index (χ1v) is 9.51. The lowest BCUT2D eigenvalue weighted by Gasteiger charge is -2.44. The van der Waals surface area contributed by atoms with Crippen molar-refractivity contribution in [1.29, 1.82) is 0 Å². The van der Waals surface area contributed by atoms with Crippen molar-refractivity contribution in [2.45, 2.75) is 63.1 Å². The van der Waals surface area contributed by atoms with Gasteiger partial charge in [0, 0.05) is 23.7 Å². The van der Waals surface area contributed by atoms with E-state index in [0.717, 1.165) is 19.3 Å². The van der Waals surface area contributed by atoms with Crippen LogP contribution in [-0.4, -0.2) is 40.0 Å². The van der Waals surface area contributed by atoms with Crippen molar-refractivity contribution in [3.05, 3.63) is 0 Å². The van der Waals surface area contributed by atoms with E-state index in [1.54, 1.807) is 0 Å². The van der Waals surface area contributed by atoms with Crippen LogP contribution in [0.5, 0.6) is 0 Å². The van der Waals surface area contributed by atoms with E-state index in [0.29, 0.717) is 19.3 Å². The molecule has 5 fully saturated rings. The lowest BCUT2D eigenvalue weighted by atomic mass is 9.60. The third-order valence-electron chi connectivity index (χ3n) is 8.82. The number of aliphatic carboxylic acids is 1. The Hall–Kier alpha value is -1.14. The molecular formula is C19H25O6-. The maximum absolute atomic E-state index is 12.7. The summed E-state index contributed by atoms with van der Waals surface area (Å²) in [6.45, 7) is 1.51. The van der Waals surface area contributed by atoms with Crippen LogP contribution in [0.15, 0.2) is 0 Å². The fourth-order valence-corrected chi connectivity index (χ4v) is 8.13. The van der Waals surface area contributed by atoms with Crippen LogP contribution < -0.4 is 5.11 Å². The van der Waals surface area contributed by atoms with Crippen molar-refractivity contribution < 1.29 is 29.6 Å². The zero-order valence-electron chi connectivity index (χ0n) is 14.5. The maximum Gasteiger partial charge on any atom is 0.312 e. The molecule has 0 aromatic heterocycles. The minimum atomic E-state index is -1.23. The number of esters is 1. The lowest BCUT2D eigenvalue weighted by molar-refractivity contribution is -0.318. The summed E-state index contributed by atoms with van der Waals surface area (Å²) in [5, 5.41) is 33.1. The van der Waals surface area contributed by atoms with Crippen LogP contribution in [0.25, 0.3) is 0 Å². The van der Waals surface area contributed by atoms with Crippen LogP contribution in [0.2, 0.25) is 0 Å². The predicted molar refractivity (Wildman–Crippen MR) is 82.7 cm³/mol. The fraction of sp³-hybridized carbons (Fsp3) is 0.895. The van der Waals surface area contributed by atoms with E-state index < -0.39 is 33.9 Å². The third-order valence-corrected chi connectivity index (χ3v) is 8.82. The SMILES string of the molecule is C[C@@]12CCC[C@@]3(OC1=O)[C@@H]1CC[C@@H]4C[C@]1(C[C@]4(O)CO)[C@@H](C(=O)[O-])[C@@H]32. The molecule has 1 heterocycles. The normalized spacial score (nSPS) is 58.6. The Balaban J connectivity index is 1.72. The van der Waals surface area contributed by atoms with Crippen LogP contribution in [0.4, 0.5) is 0 Å². The highest BCUT2D eigenvalue weighted by Crippen LogP contribution is 2.78. The van der Waals surface area contributed by atoms with Gasteiger partial charge in [-0.05, 0) is 63.2 Å². The quantitative estimate of drug-likeness (QED) is 0.680. The number of carboxylic acid groups (broad SMARTS) is 1. The highest BCUT2D eigenvalue weighted by atomic mass is 16.6. The van der Waals surface area contributed by atoms with Crippen molar-refractivity contribution in [2.75, 3.05) is 6.61 Å². The second-order valence-corrected chi connectivity index (χ2v) is 9.59. The molecule has 4 bridgehead atoms. The zero-order chi connectivity index (χ0) is 17.8. The van der Waals surface area contributed by atoms with Gasteiger partial charge in [-0.1, -0.05) is 0 Å². The van der Waals surface area contributed by atoms with E-state index in [-0.39, 0.29) is 36.8 Å². The number of carboxylic acids is 1. The van der Waals surface area contributed by atoms with Crippen LogP contribution in [0.1, 0.15) is 51.9 Å². The summed E-state index contributed by atoms with van der Waals surface area (Å²) in [6.07, 6.45) is 4.56. The molecule has 2 N–H and O–H groups in total. The van der Waals surface area contributed by atoms with E-state index in [4.69, 9.17) is 4.74 Å². The number of hydrogen-bond donors (Lipinski definition) is 2. The molecule has 0 unspecified atom stereocenters. The second kappa shape index (κ2) is 4.39. The van der Waals surface area contributed by atoms with E-state index in [2.05, 4.69) is 0 Å². The number of carbonyl (C=O) groups is 2. The molecule has 0 radical (unpaired) electrons. The van der Waals surface area contributed by atoms with E-state index in [1.165, 1.54) is 0 Å². The summed E-state index contributed by atoms with van der Waals surface area (Å²) < 4.78 is 6.02. The molecular weight excluding hydrogens is 324 g/mol. The first-order valence-electron chi connectivity index (χ1n) is 9.51. The molecule has 0 amide bonds. The first kappa shape index (κ1) is 16.1. The summed E-state index contributed by atoms with van der Waals surface area (Å²) in [7, 11) is 0. The van der Waals surface area contributed by atoms with Gasteiger partial charge in [0.25, 0.3) is 0 Å². The minimum Gasteiger partial charge on any atom is -0.550 e. The monoisotopic (exact) mass is 349 g/mol. The van der Waals surface area contributed by atoms with Gasteiger partial charge < -0.3 is 24.9 Å². The molecule has 6 nitrogen and oxygen atoms in total. The first-order chi connectivity index (χ1) is 11.7. The van der Waals surface area contributed by atoms with Crippen molar-refractivity contribution in [3.63, 3.8) is 0 Å². The van der Waals surface area contributed by atoms with Crippen molar-refractivity contribution >= 4 is 11.9 Å². The largest absolute Gasteiger partial charge is 0.550 e.